The topological polar surface area (TPSA) is 42.2 Å². The Morgan fingerprint density at radius 3 is 2.22 bits per heavy atom. The fraction of sp³-hybridized carbons (Fsp3) is 0.450. The molecule has 0 atom stereocenters. The molecule has 0 saturated heterocycles. The Morgan fingerprint density at radius 2 is 1.70 bits per heavy atom. The molecule has 2 aromatic rings. The van der Waals surface area contributed by atoms with E-state index in [2.05, 4.69) is 39.8 Å². The minimum Gasteiger partial charge on any atom is -0.392 e. The predicted molar refractivity (Wildman–Crippen MR) is 96.0 cm³/mol. The van der Waals surface area contributed by atoms with Crippen molar-refractivity contribution in [3.05, 3.63) is 56.5 Å². The van der Waals surface area contributed by atoms with Crippen LogP contribution in [0.5, 0.6) is 0 Å². The van der Waals surface area contributed by atoms with Crippen LogP contribution in [-0.4, -0.2) is 9.67 Å². The molecule has 2 rings (SSSR count). The zero-order valence-corrected chi connectivity index (χ0v) is 15.2. The number of aromatic nitrogens is 1. The van der Waals surface area contributed by atoms with Gasteiger partial charge < -0.3 is 9.67 Å². The SMILES string of the molecule is Cc1cc(-c2cn(C)c(=O)c(C)c2C)cc(CO)c1C(C)(C)C. The van der Waals surface area contributed by atoms with Gasteiger partial charge in [-0.1, -0.05) is 26.8 Å². The summed E-state index contributed by atoms with van der Waals surface area (Å²) in [5, 5.41) is 9.84. The highest BCUT2D eigenvalue weighted by Gasteiger charge is 2.21. The van der Waals surface area contributed by atoms with Gasteiger partial charge in [0, 0.05) is 24.4 Å². The molecule has 0 fully saturated rings. The molecule has 0 bridgehead atoms. The molecule has 1 aromatic heterocycles. The van der Waals surface area contributed by atoms with Crippen LogP contribution < -0.4 is 5.56 Å². The van der Waals surface area contributed by atoms with Crippen LogP contribution in [0.2, 0.25) is 0 Å². The van der Waals surface area contributed by atoms with E-state index >= 15 is 0 Å². The average Bonchev–Trinajstić information content (AvgIpc) is 2.46. The number of aliphatic hydroxyl groups excluding tert-OH is 1. The summed E-state index contributed by atoms with van der Waals surface area (Å²) in [6.07, 6.45) is 1.89. The van der Waals surface area contributed by atoms with E-state index in [4.69, 9.17) is 0 Å². The predicted octanol–water partition coefficient (Wildman–Crippen LogP) is 3.77. The Morgan fingerprint density at radius 1 is 1.09 bits per heavy atom. The third kappa shape index (κ3) is 3.11. The maximum absolute atomic E-state index is 12.1. The number of hydrogen-bond acceptors (Lipinski definition) is 2. The van der Waals surface area contributed by atoms with Crippen molar-refractivity contribution in [1.82, 2.24) is 4.57 Å². The summed E-state index contributed by atoms with van der Waals surface area (Å²) in [5.41, 5.74) is 7.21. The molecule has 0 unspecified atom stereocenters. The lowest BCUT2D eigenvalue weighted by Crippen LogP contribution is -2.20. The largest absolute Gasteiger partial charge is 0.392 e. The minimum absolute atomic E-state index is 0.0187. The quantitative estimate of drug-likeness (QED) is 0.917. The summed E-state index contributed by atoms with van der Waals surface area (Å²) in [4.78, 5) is 12.1. The molecule has 0 radical (unpaired) electrons. The van der Waals surface area contributed by atoms with Gasteiger partial charge in [-0.15, -0.1) is 0 Å². The van der Waals surface area contributed by atoms with E-state index in [1.165, 1.54) is 11.1 Å². The Labute approximate surface area is 138 Å². The molecule has 0 amide bonds. The molecule has 23 heavy (non-hydrogen) atoms. The van der Waals surface area contributed by atoms with Crippen LogP contribution in [0.25, 0.3) is 11.1 Å². The Hall–Kier alpha value is -1.87. The summed E-state index contributed by atoms with van der Waals surface area (Å²) >= 11 is 0. The zero-order chi connectivity index (χ0) is 17.5. The van der Waals surface area contributed by atoms with Gasteiger partial charge in [0.15, 0.2) is 0 Å². The van der Waals surface area contributed by atoms with Crippen molar-refractivity contribution in [3.8, 4) is 11.1 Å². The number of nitrogens with zero attached hydrogens (tertiary/aromatic N) is 1. The molecule has 124 valence electrons. The van der Waals surface area contributed by atoms with E-state index in [9.17, 15) is 9.90 Å². The average molecular weight is 313 g/mol. The summed E-state index contributed by atoms with van der Waals surface area (Å²) in [7, 11) is 1.78. The van der Waals surface area contributed by atoms with E-state index < -0.39 is 0 Å². The molecule has 3 heteroatoms. The lowest BCUT2D eigenvalue weighted by Gasteiger charge is -2.26. The molecule has 1 heterocycles. The Balaban J connectivity index is 2.77. The summed E-state index contributed by atoms with van der Waals surface area (Å²) in [6, 6.07) is 4.21. The van der Waals surface area contributed by atoms with Gasteiger partial charge in [-0.05, 0) is 60.1 Å². The number of benzene rings is 1. The second kappa shape index (κ2) is 5.97. The second-order valence-corrected chi connectivity index (χ2v) is 7.44. The van der Waals surface area contributed by atoms with Crippen LogP contribution in [-0.2, 0) is 19.1 Å². The lowest BCUT2D eigenvalue weighted by molar-refractivity contribution is 0.278. The number of aliphatic hydroxyl groups is 1. The highest BCUT2D eigenvalue weighted by Crippen LogP contribution is 2.34. The number of aryl methyl sites for hydroxylation is 2. The zero-order valence-electron chi connectivity index (χ0n) is 15.2. The summed E-state index contributed by atoms with van der Waals surface area (Å²) < 4.78 is 1.63. The van der Waals surface area contributed by atoms with E-state index in [1.807, 2.05) is 20.0 Å². The standard InChI is InChI=1S/C20H27NO2/c1-12-8-15(9-16(11-22)18(12)20(4,5)6)17-10-21(7)19(23)14(3)13(17)2/h8-10,22H,11H2,1-7H3. The molecular formula is C20H27NO2. The maximum Gasteiger partial charge on any atom is 0.253 e. The van der Waals surface area contributed by atoms with Crippen LogP contribution in [0, 0.1) is 20.8 Å². The first-order chi connectivity index (χ1) is 10.6. The second-order valence-electron chi connectivity index (χ2n) is 7.44. The molecule has 0 aliphatic heterocycles. The van der Waals surface area contributed by atoms with Crippen molar-refractivity contribution >= 4 is 0 Å². The van der Waals surface area contributed by atoms with Crippen molar-refractivity contribution in [2.75, 3.05) is 0 Å². The summed E-state index contributed by atoms with van der Waals surface area (Å²) in [6.45, 7) is 12.4. The fourth-order valence-electron chi connectivity index (χ4n) is 3.48. The number of rotatable bonds is 2. The number of hydrogen-bond donors (Lipinski definition) is 1. The van der Waals surface area contributed by atoms with E-state index in [1.54, 1.807) is 11.6 Å². The first kappa shape index (κ1) is 17.5. The lowest BCUT2D eigenvalue weighted by atomic mass is 9.79. The Kier molecular flexibility index (Phi) is 4.54. The first-order valence-electron chi connectivity index (χ1n) is 8.00. The van der Waals surface area contributed by atoms with Crippen molar-refractivity contribution in [2.24, 2.45) is 7.05 Å². The Bertz CT molecular complexity index is 808. The van der Waals surface area contributed by atoms with Gasteiger partial charge >= 0.3 is 0 Å². The van der Waals surface area contributed by atoms with Gasteiger partial charge in [0.05, 0.1) is 6.61 Å². The van der Waals surface area contributed by atoms with E-state index in [0.717, 1.165) is 27.8 Å². The molecule has 0 saturated carbocycles. The van der Waals surface area contributed by atoms with Gasteiger partial charge in [0.2, 0.25) is 0 Å². The molecule has 0 spiro atoms. The molecular weight excluding hydrogens is 286 g/mol. The van der Waals surface area contributed by atoms with Gasteiger partial charge in [0.1, 0.15) is 0 Å². The molecule has 1 aromatic carbocycles. The fourth-order valence-corrected chi connectivity index (χ4v) is 3.48. The van der Waals surface area contributed by atoms with Crippen LogP contribution in [0.15, 0.2) is 23.1 Å². The van der Waals surface area contributed by atoms with Crippen molar-refractivity contribution in [3.63, 3.8) is 0 Å². The van der Waals surface area contributed by atoms with Crippen molar-refractivity contribution in [2.45, 2.75) is 53.6 Å². The van der Waals surface area contributed by atoms with Gasteiger partial charge in [-0.25, -0.2) is 0 Å². The highest BCUT2D eigenvalue weighted by atomic mass is 16.3. The molecule has 1 N–H and O–H groups in total. The smallest absolute Gasteiger partial charge is 0.253 e. The summed E-state index contributed by atoms with van der Waals surface area (Å²) in [5.74, 6) is 0. The van der Waals surface area contributed by atoms with Crippen LogP contribution in [0.4, 0.5) is 0 Å². The van der Waals surface area contributed by atoms with Gasteiger partial charge in [-0.2, -0.15) is 0 Å². The minimum atomic E-state index is -0.0187. The maximum atomic E-state index is 12.1. The van der Waals surface area contributed by atoms with Crippen LogP contribution >= 0.6 is 0 Å². The normalized spacial score (nSPS) is 11.8. The van der Waals surface area contributed by atoms with Crippen molar-refractivity contribution in [1.29, 1.82) is 0 Å². The van der Waals surface area contributed by atoms with Gasteiger partial charge in [0.25, 0.3) is 5.56 Å². The van der Waals surface area contributed by atoms with Crippen molar-refractivity contribution < 1.29 is 5.11 Å². The van der Waals surface area contributed by atoms with Crippen LogP contribution in [0.1, 0.15) is 48.6 Å². The molecule has 0 aliphatic carbocycles. The number of pyridine rings is 1. The van der Waals surface area contributed by atoms with Gasteiger partial charge in [-0.3, -0.25) is 4.79 Å². The third-order valence-corrected chi connectivity index (χ3v) is 4.58. The highest BCUT2D eigenvalue weighted by molar-refractivity contribution is 5.70. The van der Waals surface area contributed by atoms with E-state index in [-0.39, 0.29) is 17.6 Å². The monoisotopic (exact) mass is 313 g/mol. The third-order valence-electron chi connectivity index (χ3n) is 4.58. The molecule has 0 aliphatic rings. The van der Waals surface area contributed by atoms with E-state index in [0.29, 0.717) is 0 Å². The van der Waals surface area contributed by atoms with Crippen LogP contribution in [0.3, 0.4) is 0 Å². The first-order valence-corrected chi connectivity index (χ1v) is 8.00. The molecule has 3 nitrogen and oxygen atoms in total.